The summed E-state index contributed by atoms with van der Waals surface area (Å²) in [7, 11) is 1.75. The van der Waals surface area contributed by atoms with Crippen LogP contribution in [0.2, 0.25) is 0 Å². The predicted molar refractivity (Wildman–Crippen MR) is 139 cm³/mol. The molecule has 0 spiro atoms. The lowest BCUT2D eigenvalue weighted by Gasteiger charge is -2.31. The summed E-state index contributed by atoms with van der Waals surface area (Å²) >= 11 is 1.68. The topological polar surface area (TPSA) is 147 Å². The van der Waals surface area contributed by atoms with Crippen molar-refractivity contribution in [2.75, 3.05) is 56.2 Å². The predicted octanol–water partition coefficient (Wildman–Crippen LogP) is 1.83. The maximum atomic E-state index is 12.7. The summed E-state index contributed by atoms with van der Waals surface area (Å²) in [6.07, 6.45) is 5.74. The second-order valence-electron chi connectivity index (χ2n) is 8.76. The molecular weight excluding hydrogens is 464 g/mol. The number of rotatable bonds is 9. The number of aliphatic hydroxyl groups excluding tert-OH is 1. The van der Waals surface area contributed by atoms with E-state index in [1.165, 1.54) is 10.9 Å². The average Bonchev–Trinajstić information content (AvgIpc) is 3.34. The minimum atomic E-state index is -0.274. The van der Waals surface area contributed by atoms with Crippen molar-refractivity contribution in [1.29, 1.82) is 0 Å². The van der Waals surface area contributed by atoms with Gasteiger partial charge in [0.05, 0.1) is 23.7 Å². The molecule has 0 atom stereocenters. The van der Waals surface area contributed by atoms with Crippen LogP contribution in [0.25, 0.3) is 10.7 Å². The number of piperidine rings is 1. The highest BCUT2D eigenvalue weighted by molar-refractivity contribution is 7.14. The summed E-state index contributed by atoms with van der Waals surface area (Å²) in [5.74, 6) is 0.527. The van der Waals surface area contributed by atoms with E-state index in [9.17, 15) is 9.90 Å². The van der Waals surface area contributed by atoms with Gasteiger partial charge in [-0.05, 0) is 50.0 Å². The molecule has 1 aliphatic heterocycles. The smallest absolute Gasteiger partial charge is 0.270 e. The molecule has 11 heteroatoms. The molecule has 1 aliphatic rings. The highest BCUT2D eigenvalue weighted by atomic mass is 32.1. The molecule has 4 rings (SSSR count). The molecule has 0 bridgehead atoms. The number of amides is 1. The zero-order chi connectivity index (χ0) is 24.8. The van der Waals surface area contributed by atoms with E-state index in [1.807, 2.05) is 24.4 Å². The number of hydrogen-bond acceptors (Lipinski definition) is 10. The summed E-state index contributed by atoms with van der Waals surface area (Å²) in [6, 6.07) is 7.35. The maximum absolute atomic E-state index is 12.7. The molecule has 0 saturated carbocycles. The van der Waals surface area contributed by atoms with Crippen LogP contribution in [0.1, 0.15) is 28.2 Å². The Morgan fingerprint density at radius 2 is 2.09 bits per heavy atom. The Morgan fingerprint density at radius 3 is 2.80 bits per heavy atom. The normalized spacial score (nSPS) is 14.7. The number of hydrogen-bond donors (Lipinski definition) is 4. The summed E-state index contributed by atoms with van der Waals surface area (Å²) in [6.45, 7) is 3.70. The number of aromatic nitrogens is 3. The fraction of sp³-hybridized carbons (Fsp3) is 0.417. The van der Waals surface area contributed by atoms with E-state index in [4.69, 9.17) is 11.5 Å². The van der Waals surface area contributed by atoms with E-state index in [0.717, 1.165) is 43.2 Å². The van der Waals surface area contributed by atoms with Gasteiger partial charge in [-0.25, -0.2) is 9.97 Å². The molecular formula is C24H32N8O2S. The molecule has 0 radical (unpaired) electrons. The van der Waals surface area contributed by atoms with Crippen LogP contribution in [0.3, 0.4) is 0 Å². The first-order chi connectivity index (χ1) is 16.9. The fourth-order valence-electron chi connectivity index (χ4n) is 4.11. The van der Waals surface area contributed by atoms with E-state index >= 15 is 0 Å². The molecule has 1 fully saturated rings. The van der Waals surface area contributed by atoms with Gasteiger partial charge in [-0.3, -0.25) is 14.7 Å². The molecule has 0 aromatic carbocycles. The number of nitrogen functional groups attached to an aromatic ring is 2. The van der Waals surface area contributed by atoms with Crippen LogP contribution >= 0.6 is 11.3 Å². The molecule has 35 heavy (non-hydrogen) atoms. The van der Waals surface area contributed by atoms with E-state index in [2.05, 4.69) is 25.2 Å². The van der Waals surface area contributed by atoms with Gasteiger partial charge in [-0.2, -0.15) is 0 Å². The van der Waals surface area contributed by atoms with Crippen LogP contribution < -0.4 is 21.7 Å². The summed E-state index contributed by atoms with van der Waals surface area (Å²) in [5, 5.41) is 13.1. The number of carbonyl (C=O) groups excluding carboxylic acids is 1. The van der Waals surface area contributed by atoms with Gasteiger partial charge in [0.1, 0.15) is 10.7 Å². The van der Waals surface area contributed by atoms with E-state index in [0.29, 0.717) is 36.2 Å². The molecule has 186 valence electrons. The lowest BCUT2D eigenvalue weighted by atomic mass is 9.96. The lowest BCUT2D eigenvalue weighted by molar-refractivity contribution is 0.0930. The average molecular weight is 497 g/mol. The van der Waals surface area contributed by atoms with Gasteiger partial charge in [0, 0.05) is 44.0 Å². The third-order valence-electron chi connectivity index (χ3n) is 6.18. The number of anilines is 3. The monoisotopic (exact) mass is 496 g/mol. The van der Waals surface area contributed by atoms with Crippen molar-refractivity contribution in [2.45, 2.75) is 19.4 Å². The summed E-state index contributed by atoms with van der Waals surface area (Å²) in [4.78, 5) is 31.4. The SMILES string of the molecule is CN(CCO)c1nc(C(=O)NCC2CCN(Cc3cnc(-c4ccccn4)s3)CC2)cc(N)c1N. The molecule has 1 saturated heterocycles. The van der Waals surface area contributed by atoms with Crippen molar-refractivity contribution in [3.05, 3.63) is 47.2 Å². The Labute approximate surface area is 209 Å². The third-order valence-corrected chi connectivity index (χ3v) is 7.18. The third kappa shape index (κ3) is 6.24. The zero-order valence-corrected chi connectivity index (χ0v) is 20.7. The number of nitrogens with two attached hydrogens (primary N) is 2. The molecule has 0 unspecified atom stereocenters. The van der Waals surface area contributed by atoms with Gasteiger partial charge in [-0.15, -0.1) is 11.3 Å². The standard InChI is InChI=1S/C24H32N8O2S/c1-31(10-11-33)22-21(26)18(25)12-20(30-22)23(34)28-13-16-5-8-32(9-6-16)15-17-14-29-24(35-17)19-4-2-3-7-27-19/h2-4,7,12,14,16,33H,5-6,8-11,13,15,26H2,1H3,(H2,25,30)(H,28,34). The van der Waals surface area contributed by atoms with Crippen LogP contribution in [0.15, 0.2) is 36.7 Å². The van der Waals surface area contributed by atoms with Crippen LogP contribution in [0.4, 0.5) is 17.2 Å². The molecule has 10 nitrogen and oxygen atoms in total. The van der Waals surface area contributed by atoms with Crippen LogP contribution in [-0.2, 0) is 6.54 Å². The largest absolute Gasteiger partial charge is 0.397 e. The second kappa shape index (κ2) is 11.4. The van der Waals surface area contributed by atoms with Gasteiger partial charge in [0.2, 0.25) is 0 Å². The van der Waals surface area contributed by atoms with Crippen molar-refractivity contribution in [3.8, 4) is 10.7 Å². The van der Waals surface area contributed by atoms with Crippen LogP contribution in [-0.4, -0.2) is 70.7 Å². The molecule has 6 N–H and O–H groups in total. The van der Waals surface area contributed by atoms with Gasteiger partial charge >= 0.3 is 0 Å². The summed E-state index contributed by atoms with van der Waals surface area (Å²) in [5.41, 5.74) is 13.8. The second-order valence-corrected chi connectivity index (χ2v) is 9.87. The van der Waals surface area contributed by atoms with E-state index in [1.54, 1.807) is 29.5 Å². The molecule has 1 amide bonds. The first-order valence-electron chi connectivity index (χ1n) is 11.7. The first-order valence-corrected chi connectivity index (χ1v) is 12.5. The highest BCUT2D eigenvalue weighted by Crippen LogP contribution is 2.27. The van der Waals surface area contributed by atoms with Crippen LogP contribution in [0.5, 0.6) is 0 Å². The lowest BCUT2D eigenvalue weighted by Crippen LogP contribution is -2.38. The van der Waals surface area contributed by atoms with Crippen molar-refractivity contribution < 1.29 is 9.90 Å². The quantitative estimate of drug-likeness (QED) is 0.348. The molecule has 3 aromatic rings. The maximum Gasteiger partial charge on any atom is 0.270 e. The molecule has 0 aliphatic carbocycles. The molecule has 3 aromatic heterocycles. The Morgan fingerprint density at radius 1 is 1.29 bits per heavy atom. The number of thiazole rings is 1. The Kier molecular flexibility index (Phi) is 8.11. The summed E-state index contributed by atoms with van der Waals surface area (Å²) < 4.78 is 0. The highest BCUT2D eigenvalue weighted by Gasteiger charge is 2.22. The van der Waals surface area contributed by atoms with Crippen molar-refractivity contribution in [3.63, 3.8) is 0 Å². The first kappa shape index (κ1) is 24.8. The number of nitrogens with zero attached hydrogens (tertiary/aromatic N) is 5. The van der Waals surface area contributed by atoms with E-state index < -0.39 is 0 Å². The minimum Gasteiger partial charge on any atom is -0.397 e. The number of carbonyl (C=O) groups is 1. The fourth-order valence-corrected chi connectivity index (χ4v) is 5.04. The Bertz CT molecular complexity index is 1130. The van der Waals surface area contributed by atoms with Crippen LogP contribution in [0, 0.1) is 5.92 Å². The number of nitrogens with one attached hydrogen (secondary N) is 1. The number of pyridine rings is 2. The Hall–Kier alpha value is -3.28. The van der Waals surface area contributed by atoms with E-state index in [-0.39, 0.29) is 18.2 Å². The number of likely N-dealkylation sites (tertiary alicyclic amines) is 1. The number of aliphatic hydroxyl groups is 1. The van der Waals surface area contributed by atoms with Crippen molar-refractivity contribution >= 4 is 34.4 Å². The van der Waals surface area contributed by atoms with Crippen molar-refractivity contribution in [1.82, 2.24) is 25.2 Å². The van der Waals surface area contributed by atoms with Crippen molar-refractivity contribution in [2.24, 2.45) is 5.92 Å². The van der Waals surface area contributed by atoms with Gasteiger partial charge in [0.15, 0.2) is 5.82 Å². The number of likely N-dealkylation sites (N-methyl/N-ethyl adjacent to an activating group) is 1. The minimum absolute atomic E-state index is 0.0545. The molecule has 4 heterocycles. The zero-order valence-electron chi connectivity index (χ0n) is 19.9. The van der Waals surface area contributed by atoms with Gasteiger partial charge in [0.25, 0.3) is 5.91 Å². The van der Waals surface area contributed by atoms with Gasteiger partial charge in [-0.1, -0.05) is 6.07 Å². The van der Waals surface area contributed by atoms with Gasteiger partial charge < -0.3 is 26.8 Å². The Balaban J connectivity index is 1.26.